The topological polar surface area (TPSA) is 61.9 Å². The van der Waals surface area contributed by atoms with Crippen molar-refractivity contribution < 1.29 is 14.3 Å². The standard InChI is InChI=1S/C23H33N3O3/c1-17-6-8-19(9-7-17)29-20-10-13-25(14-11-20)22(27)16-21-23(28)24-12-15-26(21)18-4-2-3-5-18/h6-9,18,20-21H,2-5,10-16H2,1H3,(H,24,28)/t21-/m0/s1. The van der Waals surface area contributed by atoms with E-state index in [0.29, 0.717) is 32.1 Å². The molecule has 3 fully saturated rings. The quantitative estimate of drug-likeness (QED) is 0.826. The van der Waals surface area contributed by atoms with E-state index in [0.717, 1.165) is 38.0 Å². The highest BCUT2D eigenvalue weighted by molar-refractivity contribution is 5.89. The van der Waals surface area contributed by atoms with Crippen molar-refractivity contribution in [2.24, 2.45) is 0 Å². The van der Waals surface area contributed by atoms with Gasteiger partial charge in [0.05, 0.1) is 12.5 Å². The van der Waals surface area contributed by atoms with Gasteiger partial charge in [-0.05, 0) is 31.9 Å². The Labute approximate surface area is 173 Å². The van der Waals surface area contributed by atoms with Crippen molar-refractivity contribution in [2.45, 2.75) is 70.1 Å². The number of hydrogen-bond acceptors (Lipinski definition) is 4. The number of rotatable bonds is 5. The third-order valence-corrected chi connectivity index (χ3v) is 6.65. The van der Waals surface area contributed by atoms with Crippen molar-refractivity contribution in [1.29, 1.82) is 0 Å². The van der Waals surface area contributed by atoms with E-state index in [1.807, 2.05) is 17.0 Å². The lowest BCUT2D eigenvalue weighted by molar-refractivity contribution is -0.141. The second-order valence-corrected chi connectivity index (χ2v) is 8.70. The van der Waals surface area contributed by atoms with E-state index < -0.39 is 0 Å². The first-order valence-corrected chi connectivity index (χ1v) is 11.1. The van der Waals surface area contributed by atoms with E-state index in [1.54, 1.807) is 0 Å². The number of nitrogens with zero attached hydrogens (tertiary/aromatic N) is 2. The van der Waals surface area contributed by atoms with Crippen molar-refractivity contribution >= 4 is 11.8 Å². The highest BCUT2D eigenvalue weighted by Crippen LogP contribution is 2.27. The molecule has 0 radical (unpaired) electrons. The van der Waals surface area contributed by atoms with Gasteiger partial charge in [-0.25, -0.2) is 0 Å². The number of piperazine rings is 1. The first-order valence-electron chi connectivity index (χ1n) is 11.1. The minimum atomic E-state index is -0.305. The molecule has 1 atom stereocenters. The highest BCUT2D eigenvalue weighted by atomic mass is 16.5. The molecular formula is C23H33N3O3. The summed E-state index contributed by atoms with van der Waals surface area (Å²) in [6, 6.07) is 8.28. The van der Waals surface area contributed by atoms with Gasteiger partial charge in [0.2, 0.25) is 11.8 Å². The van der Waals surface area contributed by atoms with E-state index in [9.17, 15) is 9.59 Å². The number of ether oxygens (including phenoxy) is 1. The summed E-state index contributed by atoms with van der Waals surface area (Å²) in [5.41, 5.74) is 1.22. The molecule has 1 saturated carbocycles. The summed E-state index contributed by atoms with van der Waals surface area (Å²) in [5, 5.41) is 2.96. The Balaban J connectivity index is 1.29. The summed E-state index contributed by atoms with van der Waals surface area (Å²) >= 11 is 0. The molecule has 1 aliphatic carbocycles. The SMILES string of the molecule is Cc1ccc(OC2CCN(C(=O)C[C@H]3C(=O)NCCN3C3CCCC3)CC2)cc1. The molecule has 158 valence electrons. The maximum absolute atomic E-state index is 13.0. The molecule has 0 aromatic heterocycles. The number of aryl methyl sites for hydroxylation is 1. The van der Waals surface area contributed by atoms with Gasteiger partial charge in [-0.3, -0.25) is 14.5 Å². The molecule has 2 aliphatic heterocycles. The van der Waals surface area contributed by atoms with Gasteiger partial charge in [-0.2, -0.15) is 0 Å². The molecule has 6 nitrogen and oxygen atoms in total. The minimum Gasteiger partial charge on any atom is -0.490 e. The third kappa shape index (κ3) is 4.92. The van der Waals surface area contributed by atoms with Crippen LogP contribution >= 0.6 is 0 Å². The predicted octanol–water partition coefficient (Wildman–Crippen LogP) is 2.50. The van der Waals surface area contributed by atoms with Crippen LogP contribution in [0.3, 0.4) is 0 Å². The smallest absolute Gasteiger partial charge is 0.237 e. The first kappa shape index (κ1) is 20.2. The third-order valence-electron chi connectivity index (χ3n) is 6.65. The van der Waals surface area contributed by atoms with Crippen LogP contribution < -0.4 is 10.1 Å². The van der Waals surface area contributed by atoms with Gasteiger partial charge in [0, 0.05) is 45.1 Å². The fourth-order valence-corrected chi connectivity index (χ4v) is 4.94. The van der Waals surface area contributed by atoms with Gasteiger partial charge in [-0.15, -0.1) is 0 Å². The van der Waals surface area contributed by atoms with Crippen LogP contribution in [0.25, 0.3) is 0 Å². The zero-order valence-electron chi connectivity index (χ0n) is 17.4. The summed E-state index contributed by atoms with van der Waals surface area (Å²) in [6.45, 7) is 5.02. The lowest BCUT2D eigenvalue weighted by Crippen LogP contribution is -2.59. The summed E-state index contributed by atoms with van der Waals surface area (Å²) in [4.78, 5) is 29.7. The van der Waals surface area contributed by atoms with Crippen molar-refractivity contribution in [1.82, 2.24) is 15.1 Å². The summed E-state index contributed by atoms with van der Waals surface area (Å²) in [7, 11) is 0. The number of hydrogen-bond donors (Lipinski definition) is 1. The van der Waals surface area contributed by atoms with E-state index >= 15 is 0 Å². The molecule has 1 aromatic carbocycles. The normalized spacial score (nSPS) is 24.5. The number of amides is 2. The van der Waals surface area contributed by atoms with E-state index in [2.05, 4.69) is 29.3 Å². The minimum absolute atomic E-state index is 0.0223. The molecule has 1 N–H and O–H groups in total. The molecule has 2 amide bonds. The highest BCUT2D eigenvalue weighted by Gasteiger charge is 2.38. The van der Waals surface area contributed by atoms with Gasteiger partial charge in [0.1, 0.15) is 11.9 Å². The van der Waals surface area contributed by atoms with E-state index in [-0.39, 0.29) is 24.0 Å². The fourth-order valence-electron chi connectivity index (χ4n) is 4.94. The van der Waals surface area contributed by atoms with Crippen LogP contribution in [0.2, 0.25) is 0 Å². The molecule has 2 heterocycles. The van der Waals surface area contributed by atoms with E-state index in [4.69, 9.17) is 4.74 Å². The number of piperidine rings is 1. The Kier molecular flexibility index (Phi) is 6.38. The molecule has 0 spiro atoms. The van der Waals surface area contributed by atoms with Crippen LogP contribution in [0.15, 0.2) is 24.3 Å². The van der Waals surface area contributed by atoms with Crippen molar-refractivity contribution in [3.8, 4) is 5.75 Å². The van der Waals surface area contributed by atoms with Gasteiger partial charge >= 0.3 is 0 Å². The lowest BCUT2D eigenvalue weighted by atomic mass is 10.0. The van der Waals surface area contributed by atoms with Gasteiger partial charge in [0.25, 0.3) is 0 Å². The molecule has 0 unspecified atom stereocenters. The average Bonchev–Trinajstić information content (AvgIpc) is 3.26. The number of carbonyl (C=O) groups is 2. The summed E-state index contributed by atoms with van der Waals surface area (Å²) in [5.74, 6) is 1.02. The monoisotopic (exact) mass is 399 g/mol. The van der Waals surface area contributed by atoms with Crippen LogP contribution in [-0.4, -0.2) is 66.0 Å². The molecule has 29 heavy (non-hydrogen) atoms. The molecule has 3 aliphatic rings. The van der Waals surface area contributed by atoms with Crippen LogP contribution in [0.5, 0.6) is 5.75 Å². The van der Waals surface area contributed by atoms with Crippen molar-refractivity contribution in [3.05, 3.63) is 29.8 Å². The summed E-state index contributed by atoms with van der Waals surface area (Å²) in [6.07, 6.45) is 6.89. The fraction of sp³-hybridized carbons (Fsp3) is 0.652. The van der Waals surface area contributed by atoms with Crippen LogP contribution in [0.1, 0.15) is 50.5 Å². The first-order chi connectivity index (χ1) is 14.1. The zero-order valence-corrected chi connectivity index (χ0v) is 17.4. The van der Waals surface area contributed by atoms with Crippen molar-refractivity contribution in [2.75, 3.05) is 26.2 Å². The zero-order chi connectivity index (χ0) is 20.2. The molecule has 6 heteroatoms. The Bertz CT molecular complexity index is 707. The molecule has 1 aromatic rings. The van der Waals surface area contributed by atoms with Crippen LogP contribution in [0.4, 0.5) is 0 Å². The lowest BCUT2D eigenvalue weighted by Gasteiger charge is -2.40. The number of benzene rings is 1. The van der Waals surface area contributed by atoms with Gasteiger partial charge in [-0.1, -0.05) is 30.5 Å². The van der Waals surface area contributed by atoms with E-state index in [1.165, 1.54) is 18.4 Å². The Hall–Kier alpha value is -2.08. The molecule has 0 bridgehead atoms. The maximum Gasteiger partial charge on any atom is 0.237 e. The Morgan fingerprint density at radius 1 is 1.07 bits per heavy atom. The Morgan fingerprint density at radius 3 is 2.45 bits per heavy atom. The second kappa shape index (κ2) is 9.16. The van der Waals surface area contributed by atoms with Gasteiger partial charge < -0.3 is 15.0 Å². The molecular weight excluding hydrogens is 366 g/mol. The molecule has 4 rings (SSSR count). The predicted molar refractivity (Wildman–Crippen MR) is 112 cm³/mol. The largest absolute Gasteiger partial charge is 0.490 e. The number of carbonyl (C=O) groups excluding carboxylic acids is 2. The number of nitrogens with one attached hydrogen (secondary N) is 1. The maximum atomic E-state index is 13.0. The summed E-state index contributed by atoms with van der Waals surface area (Å²) < 4.78 is 6.08. The second-order valence-electron chi connectivity index (χ2n) is 8.70. The average molecular weight is 400 g/mol. The number of likely N-dealkylation sites (tertiary alicyclic amines) is 1. The van der Waals surface area contributed by atoms with Crippen molar-refractivity contribution in [3.63, 3.8) is 0 Å². The van der Waals surface area contributed by atoms with Crippen LogP contribution in [0, 0.1) is 6.92 Å². The van der Waals surface area contributed by atoms with Crippen LogP contribution in [-0.2, 0) is 9.59 Å². The van der Waals surface area contributed by atoms with Gasteiger partial charge in [0.15, 0.2) is 0 Å². The molecule has 2 saturated heterocycles. The Morgan fingerprint density at radius 2 is 1.76 bits per heavy atom.